The largest absolute Gasteiger partial charge is 0.354 e. The molecule has 0 atom stereocenters. The van der Waals surface area contributed by atoms with Gasteiger partial charge in [0.1, 0.15) is 5.82 Å². The van der Waals surface area contributed by atoms with Gasteiger partial charge in [-0.05, 0) is 42.1 Å². The van der Waals surface area contributed by atoms with Crippen LogP contribution < -0.4 is 10.6 Å². The van der Waals surface area contributed by atoms with Gasteiger partial charge in [0.05, 0.1) is 6.54 Å². The van der Waals surface area contributed by atoms with Gasteiger partial charge in [0.25, 0.3) is 5.91 Å². The lowest BCUT2D eigenvalue weighted by Gasteiger charge is -2.06. The van der Waals surface area contributed by atoms with Crippen molar-refractivity contribution >= 4 is 23.2 Å². The number of rotatable bonds is 6. The molecule has 2 rings (SSSR count). The summed E-state index contributed by atoms with van der Waals surface area (Å²) in [5, 5.41) is 7.21. The molecular weight excluding hydrogens is 291 g/mol. The van der Waals surface area contributed by atoms with Crippen molar-refractivity contribution in [3.05, 3.63) is 58.0 Å². The first-order valence-corrected chi connectivity index (χ1v) is 7.36. The van der Waals surface area contributed by atoms with E-state index in [-0.39, 0.29) is 12.5 Å². The molecule has 0 bridgehead atoms. The molecule has 0 radical (unpaired) electrons. The number of carbonyl (C=O) groups excluding carboxylic acids is 2. The fourth-order valence-electron chi connectivity index (χ4n) is 1.71. The Morgan fingerprint density at radius 3 is 2.52 bits per heavy atom. The van der Waals surface area contributed by atoms with Gasteiger partial charge >= 0.3 is 0 Å². The quantitative estimate of drug-likeness (QED) is 0.857. The Morgan fingerprint density at radius 2 is 1.86 bits per heavy atom. The van der Waals surface area contributed by atoms with Crippen LogP contribution in [-0.2, 0) is 11.2 Å². The average molecular weight is 306 g/mol. The fraction of sp³-hybridized carbons (Fsp3) is 0.200. The molecule has 4 nitrogen and oxygen atoms in total. The molecule has 0 saturated carbocycles. The Kier molecular flexibility index (Phi) is 5.45. The van der Waals surface area contributed by atoms with Crippen molar-refractivity contribution in [1.82, 2.24) is 10.6 Å². The Labute approximate surface area is 126 Å². The molecule has 0 spiro atoms. The third kappa shape index (κ3) is 5.00. The van der Waals surface area contributed by atoms with Gasteiger partial charge in [-0.3, -0.25) is 9.59 Å². The van der Waals surface area contributed by atoms with Crippen molar-refractivity contribution in [3.8, 4) is 0 Å². The highest BCUT2D eigenvalue weighted by Gasteiger charge is 2.07. The smallest absolute Gasteiger partial charge is 0.251 e. The maximum atomic E-state index is 12.7. The minimum Gasteiger partial charge on any atom is -0.354 e. The van der Waals surface area contributed by atoms with E-state index < -0.39 is 11.7 Å². The molecule has 1 aromatic heterocycles. The molecule has 2 aromatic rings. The number of thiophene rings is 1. The summed E-state index contributed by atoms with van der Waals surface area (Å²) in [6, 6.07) is 9.13. The van der Waals surface area contributed by atoms with Crippen molar-refractivity contribution in [2.24, 2.45) is 0 Å². The molecule has 0 aliphatic rings. The van der Waals surface area contributed by atoms with Crippen LogP contribution in [0.25, 0.3) is 0 Å². The summed E-state index contributed by atoms with van der Waals surface area (Å²) in [5.74, 6) is -1.05. The molecule has 1 aromatic carbocycles. The first-order chi connectivity index (χ1) is 10.1. The van der Waals surface area contributed by atoms with Crippen LogP contribution in [0.2, 0.25) is 0 Å². The number of carbonyl (C=O) groups is 2. The Hall–Kier alpha value is -2.21. The topological polar surface area (TPSA) is 58.2 Å². The van der Waals surface area contributed by atoms with Crippen molar-refractivity contribution in [2.75, 3.05) is 13.1 Å². The lowest BCUT2D eigenvalue weighted by Crippen LogP contribution is -2.37. The lowest BCUT2D eigenvalue weighted by atomic mass is 10.2. The van der Waals surface area contributed by atoms with E-state index in [0.29, 0.717) is 12.1 Å². The second kappa shape index (κ2) is 7.54. The zero-order valence-corrected chi connectivity index (χ0v) is 12.1. The molecule has 0 saturated heterocycles. The predicted octanol–water partition coefficient (Wildman–Crippen LogP) is 1.98. The van der Waals surface area contributed by atoms with Gasteiger partial charge in [-0.15, -0.1) is 11.3 Å². The number of nitrogens with one attached hydrogen (secondary N) is 2. The summed E-state index contributed by atoms with van der Waals surface area (Å²) >= 11 is 1.64. The molecule has 0 fully saturated rings. The van der Waals surface area contributed by atoms with Gasteiger partial charge in [-0.2, -0.15) is 0 Å². The fourth-order valence-corrected chi connectivity index (χ4v) is 2.42. The van der Waals surface area contributed by atoms with Crippen LogP contribution in [0.3, 0.4) is 0 Å². The Morgan fingerprint density at radius 1 is 1.10 bits per heavy atom. The molecule has 6 heteroatoms. The molecular formula is C15H15FN2O2S. The SMILES string of the molecule is O=C(CNC(=O)c1ccc(F)cc1)NCCc1cccs1. The van der Waals surface area contributed by atoms with Gasteiger partial charge in [0.15, 0.2) is 0 Å². The van der Waals surface area contributed by atoms with Crippen LogP contribution in [0.5, 0.6) is 0 Å². The number of benzene rings is 1. The number of amides is 2. The zero-order valence-electron chi connectivity index (χ0n) is 11.3. The van der Waals surface area contributed by atoms with Gasteiger partial charge in [0.2, 0.25) is 5.91 Å². The van der Waals surface area contributed by atoms with Gasteiger partial charge in [-0.1, -0.05) is 6.07 Å². The summed E-state index contributed by atoms with van der Waals surface area (Å²) in [6.45, 7) is 0.437. The monoisotopic (exact) mass is 306 g/mol. The standard InChI is InChI=1S/C15H15FN2O2S/c16-12-5-3-11(4-6-12)15(20)18-10-14(19)17-8-7-13-2-1-9-21-13/h1-6,9H,7-8,10H2,(H,17,19)(H,18,20). The summed E-state index contributed by atoms with van der Waals surface area (Å²) in [7, 11) is 0. The van der Waals surface area contributed by atoms with E-state index in [9.17, 15) is 14.0 Å². The summed E-state index contributed by atoms with van der Waals surface area (Å²) < 4.78 is 12.7. The van der Waals surface area contributed by atoms with Crippen molar-refractivity contribution in [1.29, 1.82) is 0 Å². The van der Waals surface area contributed by atoms with Gasteiger partial charge in [-0.25, -0.2) is 4.39 Å². The molecule has 0 aliphatic carbocycles. The van der Waals surface area contributed by atoms with Crippen LogP contribution in [0.4, 0.5) is 4.39 Å². The Balaban J connectivity index is 1.68. The van der Waals surface area contributed by atoms with E-state index in [0.717, 1.165) is 6.42 Å². The molecule has 0 aliphatic heterocycles. The highest BCUT2D eigenvalue weighted by Crippen LogP contribution is 2.08. The van der Waals surface area contributed by atoms with Gasteiger partial charge in [0, 0.05) is 17.0 Å². The van der Waals surface area contributed by atoms with Crippen molar-refractivity contribution in [3.63, 3.8) is 0 Å². The highest BCUT2D eigenvalue weighted by atomic mass is 32.1. The maximum absolute atomic E-state index is 12.7. The van der Waals surface area contributed by atoms with Crippen LogP contribution in [0.1, 0.15) is 15.2 Å². The van der Waals surface area contributed by atoms with Crippen LogP contribution >= 0.6 is 11.3 Å². The summed E-state index contributed by atoms with van der Waals surface area (Å²) in [5.41, 5.74) is 0.322. The Bertz CT molecular complexity index is 597. The van der Waals surface area contributed by atoms with Gasteiger partial charge < -0.3 is 10.6 Å². The lowest BCUT2D eigenvalue weighted by molar-refractivity contribution is -0.120. The van der Waals surface area contributed by atoms with Crippen LogP contribution in [-0.4, -0.2) is 24.9 Å². The first kappa shape index (κ1) is 15.2. The van der Waals surface area contributed by atoms with E-state index in [2.05, 4.69) is 10.6 Å². The van der Waals surface area contributed by atoms with E-state index >= 15 is 0 Å². The van der Waals surface area contributed by atoms with Crippen molar-refractivity contribution < 1.29 is 14.0 Å². The molecule has 2 amide bonds. The van der Waals surface area contributed by atoms with E-state index in [1.807, 2.05) is 17.5 Å². The second-order valence-corrected chi connectivity index (χ2v) is 5.40. The summed E-state index contributed by atoms with van der Waals surface area (Å²) in [6.07, 6.45) is 0.773. The zero-order chi connectivity index (χ0) is 15.1. The molecule has 21 heavy (non-hydrogen) atoms. The summed E-state index contributed by atoms with van der Waals surface area (Å²) in [4.78, 5) is 24.5. The number of hydrogen-bond acceptors (Lipinski definition) is 3. The van der Waals surface area contributed by atoms with E-state index in [1.54, 1.807) is 11.3 Å². The van der Waals surface area contributed by atoms with E-state index in [4.69, 9.17) is 0 Å². The number of halogens is 1. The highest BCUT2D eigenvalue weighted by molar-refractivity contribution is 7.09. The third-order valence-electron chi connectivity index (χ3n) is 2.79. The molecule has 2 N–H and O–H groups in total. The van der Waals surface area contributed by atoms with E-state index in [1.165, 1.54) is 29.1 Å². The molecule has 1 heterocycles. The molecule has 0 unspecified atom stereocenters. The minimum absolute atomic E-state index is 0.0966. The maximum Gasteiger partial charge on any atom is 0.251 e. The number of hydrogen-bond donors (Lipinski definition) is 2. The van der Waals surface area contributed by atoms with Crippen molar-refractivity contribution in [2.45, 2.75) is 6.42 Å². The van der Waals surface area contributed by atoms with Crippen LogP contribution in [0, 0.1) is 5.82 Å². The predicted molar refractivity (Wildman–Crippen MR) is 79.8 cm³/mol. The molecule has 110 valence electrons. The van der Waals surface area contributed by atoms with Crippen LogP contribution in [0.15, 0.2) is 41.8 Å². The normalized spacial score (nSPS) is 10.1. The third-order valence-corrected chi connectivity index (χ3v) is 3.73. The average Bonchev–Trinajstić information content (AvgIpc) is 2.99. The minimum atomic E-state index is -0.405. The first-order valence-electron chi connectivity index (χ1n) is 6.48. The second-order valence-electron chi connectivity index (χ2n) is 4.37.